The second-order valence-electron chi connectivity index (χ2n) is 7.12. The van der Waals surface area contributed by atoms with Crippen LogP contribution in [0.2, 0.25) is 19.6 Å². The van der Waals surface area contributed by atoms with Gasteiger partial charge in [0.15, 0.2) is 0 Å². The predicted octanol–water partition coefficient (Wildman–Crippen LogP) is 4.37. The van der Waals surface area contributed by atoms with Crippen LogP contribution in [0.4, 0.5) is 0 Å². The Morgan fingerprint density at radius 1 is 1.30 bits per heavy atom. The van der Waals surface area contributed by atoms with Gasteiger partial charge in [0, 0.05) is 4.90 Å². The van der Waals surface area contributed by atoms with Gasteiger partial charge in [-0.25, -0.2) is 0 Å². The zero-order valence-corrected chi connectivity index (χ0v) is 14.9. The Kier molecular flexibility index (Phi) is 4.39. The Labute approximate surface area is 128 Å². The second kappa shape index (κ2) is 5.59. The predicted molar refractivity (Wildman–Crippen MR) is 90.9 cm³/mol. The minimum atomic E-state index is -1.45. The molecule has 1 aliphatic heterocycles. The Hall–Kier alpha value is -0.693. The first-order valence-corrected chi connectivity index (χ1v) is 11.7. The number of aliphatic hydroxyl groups is 1. The summed E-state index contributed by atoms with van der Waals surface area (Å²) in [6.45, 7) is 11.1. The largest absolute Gasteiger partial charge is 0.376 e. The summed E-state index contributed by atoms with van der Waals surface area (Å²) >= 11 is 1.90. The van der Waals surface area contributed by atoms with Gasteiger partial charge in [0.2, 0.25) is 0 Å². The quantitative estimate of drug-likeness (QED) is 0.614. The number of rotatable bonds is 1. The van der Waals surface area contributed by atoms with E-state index in [9.17, 15) is 5.11 Å². The molecule has 1 atom stereocenters. The molecular weight excluding hydrogens is 280 g/mol. The summed E-state index contributed by atoms with van der Waals surface area (Å²) < 4.78 is 0. The fourth-order valence-corrected chi connectivity index (χ4v) is 4.64. The molecule has 1 aliphatic rings. The fraction of sp³-hybridized carbons (Fsp3) is 0.529. The number of benzene rings is 1. The smallest absolute Gasteiger partial charge is 0.139 e. The summed E-state index contributed by atoms with van der Waals surface area (Å²) in [4.78, 5) is 1.31. The molecular formula is C17H24OSSi. The Bertz CT molecular complexity index is 561. The molecule has 0 fully saturated rings. The molecule has 0 bridgehead atoms. The van der Waals surface area contributed by atoms with Crippen LogP contribution in [-0.2, 0) is 5.41 Å². The highest BCUT2D eigenvalue weighted by atomic mass is 32.2. The molecule has 0 aromatic heterocycles. The lowest BCUT2D eigenvalue weighted by Crippen LogP contribution is -2.25. The van der Waals surface area contributed by atoms with Gasteiger partial charge in [-0.3, -0.25) is 0 Å². The third kappa shape index (κ3) is 3.49. The molecule has 0 aliphatic carbocycles. The van der Waals surface area contributed by atoms with E-state index in [1.54, 1.807) is 0 Å². The molecule has 3 heteroatoms. The number of fused-ring (bicyclic) bond motifs is 1. The van der Waals surface area contributed by atoms with Crippen molar-refractivity contribution in [1.29, 1.82) is 0 Å². The molecule has 0 radical (unpaired) electrons. The van der Waals surface area contributed by atoms with Crippen molar-refractivity contribution in [2.45, 2.75) is 56.3 Å². The molecule has 0 saturated heterocycles. The zero-order chi connectivity index (χ0) is 15.0. The van der Waals surface area contributed by atoms with E-state index >= 15 is 0 Å². The lowest BCUT2D eigenvalue weighted by Gasteiger charge is -2.34. The maximum Gasteiger partial charge on any atom is 0.139 e. The van der Waals surface area contributed by atoms with Crippen molar-refractivity contribution in [1.82, 2.24) is 0 Å². The van der Waals surface area contributed by atoms with Gasteiger partial charge in [0.05, 0.1) is 0 Å². The summed E-state index contributed by atoms with van der Waals surface area (Å²) in [6, 6.07) is 6.25. The number of aliphatic hydroxyl groups excluding tert-OH is 1. The topological polar surface area (TPSA) is 20.2 Å². The molecule has 1 aromatic carbocycles. The highest BCUT2D eigenvalue weighted by molar-refractivity contribution is 7.99. The molecule has 2 rings (SSSR count). The normalized spacial score (nSPS) is 18.7. The van der Waals surface area contributed by atoms with Gasteiger partial charge in [0.25, 0.3) is 0 Å². The van der Waals surface area contributed by atoms with Crippen LogP contribution in [0.5, 0.6) is 0 Å². The Balaban J connectivity index is 2.45. The van der Waals surface area contributed by atoms with Crippen molar-refractivity contribution in [3.05, 3.63) is 29.3 Å². The second-order valence-corrected chi connectivity index (χ2v) is 13.0. The molecule has 0 saturated carbocycles. The lowest BCUT2D eigenvalue weighted by atomic mass is 9.78. The van der Waals surface area contributed by atoms with Gasteiger partial charge in [-0.1, -0.05) is 51.5 Å². The fourth-order valence-electron chi connectivity index (χ4n) is 2.52. The summed E-state index contributed by atoms with van der Waals surface area (Å²) in [6.07, 6.45) is 0.491. The van der Waals surface area contributed by atoms with Crippen molar-refractivity contribution >= 4 is 19.8 Å². The number of hydrogen-bond donors (Lipinski definition) is 1. The Morgan fingerprint density at radius 3 is 2.65 bits per heavy atom. The first-order valence-electron chi connectivity index (χ1n) is 7.18. The molecule has 1 nitrogen and oxygen atoms in total. The molecule has 1 unspecified atom stereocenters. The van der Waals surface area contributed by atoms with Crippen molar-refractivity contribution in [2.75, 3.05) is 5.75 Å². The van der Waals surface area contributed by atoms with E-state index < -0.39 is 14.2 Å². The summed E-state index contributed by atoms with van der Waals surface area (Å²) in [5, 5.41) is 10.5. The van der Waals surface area contributed by atoms with Crippen LogP contribution in [0, 0.1) is 11.5 Å². The Morgan fingerprint density at radius 2 is 2.00 bits per heavy atom. The van der Waals surface area contributed by atoms with Crippen LogP contribution in [0.15, 0.2) is 23.1 Å². The van der Waals surface area contributed by atoms with Gasteiger partial charge in [-0.15, -0.1) is 17.3 Å². The van der Waals surface area contributed by atoms with Gasteiger partial charge in [-0.05, 0) is 34.8 Å². The van der Waals surface area contributed by atoms with Crippen LogP contribution in [-0.4, -0.2) is 18.9 Å². The SMILES string of the molecule is CC1(C)CCSc2cccc(C(O)C#C[Si](C)(C)C)c21. The highest BCUT2D eigenvalue weighted by Crippen LogP contribution is 2.44. The number of hydrogen-bond acceptors (Lipinski definition) is 2. The van der Waals surface area contributed by atoms with E-state index in [0.29, 0.717) is 0 Å². The minimum absolute atomic E-state index is 0.124. The average molecular weight is 305 g/mol. The van der Waals surface area contributed by atoms with Crippen LogP contribution in [0.3, 0.4) is 0 Å². The first-order chi connectivity index (χ1) is 9.21. The third-order valence-corrected chi connectivity index (χ3v) is 5.55. The van der Waals surface area contributed by atoms with Gasteiger partial charge < -0.3 is 5.11 Å². The van der Waals surface area contributed by atoms with Gasteiger partial charge >= 0.3 is 0 Å². The van der Waals surface area contributed by atoms with E-state index in [4.69, 9.17) is 0 Å². The monoisotopic (exact) mass is 304 g/mol. The van der Waals surface area contributed by atoms with Crippen LogP contribution >= 0.6 is 11.8 Å². The van der Waals surface area contributed by atoms with E-state index in [-0.39, 0.29) is 5.41 Å². The molecule has 0 amide bonds. The third-order valence-electron chi connectivity index (χ3n) is 3.60. The molecule has 1 aromatic rings. The molecule has 20 heavy (non-hydrogen) atoms. The molecule has 0 spiro atoms. The van der Waals surface area contributed by atoms with Gasteiger partial charge in [0.1, 0.15) is 14.2 Å². The van der Waals surface area contributed by atoms with Crippen molar-refractivity contribution in [3.8, 4) is 11.5 Å². The lowest BCUT2D eigenvalue weighted by molar-refractivity contribution is 0.234. The van der Waals surface area contributed by atoms with Crippen molar-refractivity contribution in [3.63, 3.8) is 0 Å². The molecule has 1 N–H and O–H groups in total. The summed E-state index contributed by atoms with van der Waals surface area (Å²) in [5.74, 6) is 4.24. The summed E-state index contributed by atoms with van der Waals surface area (Å²) in [5.41, 5.74) is 5.72. The van der Waals surface area contributed by atoms with E-state index in [0.717, 1.165) is 17.7 Å². The van der Waals surface area contributed by atoms with E-state index in [2.05, 4.69) is 51.0 Å². The number of thioether (sulfide) groups is 1. The van der Waals surface area contributed by atoms with Crippen molar-refractivity contribution in [2.24, 2.45) is 0 Å². The van der Waals surface area contributed by atoms with E-state index in [1.165, 1.54) is 10.5 Å². The standard InChI is InChI=1S/C17H24OSSi/c1-17(2)10-11-19-15-8-6-7-13(16(15)17)14(18)9-12-20(3,4)5/h6-8,14,18H,10-11H2,1-5H3. The summed E-state index contributed by atoms with van der Waals surface area (Å²) in [7, 11) is -1.45. The van der Waals surface area contributed by atoms with Crippen molar-refractivity contribution < 1.29 is 5.11 Å². The maximum absolute atomic E-state index is 10.5. The zero-order valence-electron chi connectivity index (χ0n) is 13.1. The van der Waals surface area contributed by atoms with Crippen LogP contribution in [0.25, 0.3) is 0 Å². The average Bonchev–Trinajstić information content (AvgIpc) is 2.34. The molecule has 1 heterocycles. The molecule has 108 valence electrons. The van der Waals surface area contributed by atoms with E-state index in [1.807, 2.05) is 23.9 Å². The van der Waals surface area contributed by atoms with Crippen LogP contribution in [0.1, 0.15) is 37.5 Å². The van der Waals surface area contributed by atoms with Crippen LogP contribution < -0.4 is 0 Å². The maximum atomic E-state index is 10.5. The highest BCUT2D eigenvalue weighted by Gasteiger charge is 2.31. The van der Waals surface area contributed by atoms with Gasteiger partial charge in [-0.2, -0.15) is 0 Å². The first kappa shape index (κ1) is 15.7. The minimum Gasteiger partial charge on any atom is -0.376 e.